The summed E-state index contributed by atoms with van der Waals surface area (Å²) < 4.78 is 18.7. The Bertz CT molecular complexity index is 883. The van der Waals surface area contributed by atoms with E-state index in [1.165, 1.54) is 18.5 Å². The monoisotopic (exact) mass is 352 g/mol. The van der Waals surface area contributed by atoms with Crippen LogP contribution < -0.4 is 15.4 Å². The second-order valence-corrected chi connectivity index (χ2v) is 5.43. The fourth-order valence-electron chi connectivity index (χ4n) is 2.22. The van der Waals surface area contributed by atoms with E-state index < -0.39 is 5.82 Å². The molecule has 1 aromatic heterocycles. The maximum atomic E-state index is 13.6. The van der Waals surface area contributed by atoms with E-state index in [0.717, 1.165) is 11.3 Å². The zero-order valence-electron chi connectivity index (χ0n) is 14.1. The largest absolute Gasteiger partial charge is 0.497 e. The first-order valence-electron chi connectivity index (χ1n) is 7.90. The lowest BCUT2D eigenvalue weighted by Crippen LogP contribution is -2.23. The molecule has 2 N–H and O–H groups in total. The molecular weight excluding hydrogens is 335 g/mol. The molecule has 1 heterocycles. The van der Waals surface area contributed by atoms with Crippen LogP contribution in [0.25, 0.3) is 0 Å². The molecule has 0 spiro atoms. The quantitative estimate of drug-likeness (QED) is 0.712. The van der Waals surface area contributed by atoms with E-state index in [1.54, 1.807) is 25.3 Å². The number of hydrogen-bond donors (Lipinski definition) is 2. The van der Waals surface area contributed by atoms with Crippen LogP contribution in [0.5, 0.6) is 5.75 Å². The van der Waals surface area contributed by atoms with E-state index >= 15 is 0 Å². The first kappa shape index (κ1) is 17.3. The summed E-state index contributed by atoms with van der Waals surface area (Å²) in [5.41, 5.74) is 1.53. The first-order chi connectivity index (χ1) is 12.7. The van der Waals surface area contributed by atoms with Gasteiger partial charge >= 0.3 is 0 Å². The van der Waals surface area contributed by atoms with Gasteiger partial charge in [-0.25, -0.2) is 14.4 Å². The number of nitrogens with one attached hydrogen (secondary N) is 2. The molecule has 0 saturated heterocycles. The van der Waals surface area contributed by atoms with Gasteiger partial charge in [0.15, 0.2) is 0 Å². The predicted molar refractivity (Wildman–Crippen MR) is 95.9 cm³/mol. The summed E-state index contributed by atoms with van der Waals surface area (Å²) in [4.78, 5) is 20.3. The van der Waals surface area contributed by atoms with Crippen molar-refractivity contribution in [2.75, 3.05) is 12.4 Å². The molecule has 7 heteroatoms. The Morgan fingerprint density at radius 2 is 1.77 bits per heavy atom. The van der Waals surface area contributed by atoms with Crippen LogP contribution in [-0.2, 0) is 6.54 Å². The van der Waals surface area contributed by atoms with Crippen molar-refractivity contribution in [3.63, 3.8) is 0 Å². The number of halogens is 1. The predicted octanol–water partition coefficient (Wildman–Crippen LogP) is 3.30. The average molecular weight is 352 g/mol. The Morgan fingerprint density at radius 3 is 2.42 bits per heavy atom. The fourth-order valence-corrected chi connectivity index (χ4v) is 2.22. The molecule has 0 saturated carbocycles. The van der Waals surface area contributed by atoms with Crippen molar-refractivity contribution in [3.05, 3.63) is 77.9 Å². The smallest absolute Gasteiger partial charge is 0.254 e. The maximum Gasteiger partial charge on any atom is 0.254 e. The third-order valence-electron chi connectivity index (χ3n) is 3.65. The van der Waals surface area contributed by atoms with Crippen LogP contribution in [0, 0.1) is 5.82 Å². The van der Waals surface area contributed by atoms with Gasteiger partial charge < -0.3 is 15.4 Å². The lowest BCUT2D eigenvalue weighted by Gasteiger charge is -2.08. The number of aromatic nitrogens is 2. The van der Waals surface area contributed by atoms with Crippen LogP contribution in [0.2, 0.25) is 0 Å². The van der Waals surface area contributed by atoms with Gasteiger partial charge in [-0.1, -0.05) is 24.3 Å². The van der Waals surface area contributed by atoms with Gasteiger partial charge in [-0.2, -0.15) is 0 Å². The highest BCUT2D eigenvalue weighted by Gasteiger charge is 2.08. The van der Waals surface area contributed by atoms with E-state index in [2.05, 4.69) is 20.6 Å². The van der Waals surface area contributed by atoms with Crippen LogP contribution >= 0.6 is 0 Å². The van der Waals surface area contributed by atoms with Gasteiger partial charge in [0.05, 0.1) is 18.4 Å². The number of para-hydroxylation sites is 1. The molecule has 26 heavy (non-hydrogen) atoms. The van der Waals surface area contributed by atoms with Crippen molar-refractivity contribution < 1.29 is 13.9 Å². The normalized spacial score (nSPS) is 10.2. The Morgan fingerprint density at radius 1 is 1.08 bits per heavy atom. The molecule has 132 valence electrons. The SMILES string of the molecule is COc1ccc(CNC(=O)c2cnc(Nc3ccccc3F)nc2)cc1. The minimum absolute atomic E-state index is 0.210. The highest BCUT2D eigenvalue weighted by atomic mass is 19.1. The van der Waals surface area contributed by atoms with E-state index in [4.69, 9.17) is 4.74 Å². The van der Waals surface area contributed by atoms with Gasteiger partial charge in [0, 0.05) is 18.9 Å². The number of methoxy groups -OCH3 is 1. The second-order valence-electron chi connectivity index (χ2n) is 5.43. The van der Waals surface area contributed by atoms with E-state index in [0.29, 0.717) is 12.1 Å². The lowest BCUT2D eigenvalue weighted by molar-refractivity contribution is 0.0950. The summed E-state index contributed by atoms with van der Waals surface area (Å²) in [6.45, 7) is 0.373. The molecule has 3 rings (SSSR count). The number of anilines is 2. The van der Waals surface area contributed by atoms with Crippen molar-refractivity contribution in [2.24, 2.45) is 0 Å². The number of carbonyl (C=O) groups excluding carboxylic acids is 1. The van der Waals surface area contributed by atoms with E-state index in [-0.39, 0.29) is 17.5 Å². The van der Waals surface area contributed by atoms with Crippen LogP contribution in [0.4, 0.5) is 16.0 Å². The van der Waals surface area contributed by atoms with Gasteiger partial charge in [-0.05, 0) is 29.8 Å². The summed E-state index contributed by atoms with van der Waals surface area (Å²) >= 11 is 0. The second kappa shape index (κ2) is 8.06. The van der Waals surface area contributed by atoms with Gasteiger partial charge in [0.25, 0.3) is 5.91 Å². The van der Waals surface area contributed by atoms with Crippen molar-refractivity contribution in [3.8, 4) is 5.75 Å². The molecule has 6 nitrogen and oxygen atoms in total. The Labute approximate surface area is 150 Å². The highest BCUT2D eigenvalue weighted by Crippen LogP contribution is 2.16. The summed E-state index contributed by atoms with van der Waals surface area (Å²) in [5.74, 6) is 0.267. The molecule has 1 amide bonds. The zero-order chi connectivity index (χ0) is 18.4. The van der Waals surface area contributed by atoms with Gasteiger partial charge in [0.1, 0.15) is 11.6 Å². The number of ether oxygens (including phenoxy) is 1. The maximum absolute atomic E-state index is 13.6. The lowest BCUT2D eigenvalue weighted by atomic mass is 10.2. The van der Waals surface area contributed by atoms with Crippen molar-refractivity contribution in [1.29, 1.82) is 0 Å². The molecule has 3 aromatic rings. The van der Waals surface area contributed by atoms with Crippen molar-refractivity contribution in [2.45, 2.75) is 6.54 Å². The van der Waals surface area contributed by atoms with Crippen molar-refractivity contribution >= 4 is 17.5 Å². The molecule has 0 aliphatic carbocycles. The molecule has 0 radical (unpaired) electrons. The third-order valence-corrected chi connectivity index (χ3v) is 3.65. The molecule has 0 fully saturated rings. The molecular formula is C19H17FN4O2. The average Bonchev–Trinajstić information content (AvgIpc) is 2.69. The summed E-state index contributed by atoms with van der Waals surface area (Å²) in [6.07, 6.45) is 2.78. The number of amides is 1. The van der Waals surface area contributed by atoms with Crippen LogP contribution in [0.15, 0.2) is 60.9 Å². The molecule has 2 aromatic carbocycles. The van der Waals surface area contributed by atoms with Crippen LogP contribution in [-0.4, -0.2) is 23.0 Å². The molecule has 0 bridgehead atoms. The van der Waals surface area contributed by atoms with Gasteiger partial charge in [-0.15, -0.1) is 0 Å². The number of nitrogens with zero attached hydrogens (tertiary/aromatic N) is 2. The zero-order valence-corrected chi connectivity index (χ0v) is 14.1. The molecule has 0 unspecified atom stereocenters. The minimum atomic E-state index is -0.405. The Kier molecular flexibility index (Phi) is 5.38. The molecule has 0 atom stereocenters. The standard InChI is InChI=1S/C19H17FN4O2/c1-26-15-8-6-13(7-9-15)10-21-18(25)14-11-22-19(23-12-14)24-17-5-3-2-4-16(17)20/h2-9,11-12H,10H2,1H3,(H,21,25)(H,22,23,24). The summed E-state index contributed by atoms with van der Waals surface area (Å²) in [6, 6.07) is 13.6. The van der Waals surface area contributed by atoms with Gasteiger partial charge in [-0.3, -0.25) is 4.79 Å². The summed E-state index contributed by atoms with van der Waals surface area (Å²) in [7, 11) is 1.60. The summed E-state index contributed by atoms with van der Waals surface area (Å²) in [5, 5.41) is 5.56. The van der Waals surface area contributed by atoms with Crippen molar-refractivity contribution in [1.82, 2.24) is 15.3 Å². The molecule has 0 aliphatic heterocycles. The first-order valence-corrected chi connectivity index (χ1v) is 7.90. The topological polar surface area (TPSA) is 76.1 Å². The van der Waals surface area contributed by atoms with Crippen LogP contribution in [0.3, 0.4) is 0 Å². The Balaban J connectivity index is 1.58. The number of rotatable bonds is 6. The minimum Gasteiger partial charge on any atom is -0.497 e. The van der Waals surface area contributed by atoms with E-state index in [1.807, 2.05) is 24.3 Å². The number of benzene rings is 2. The highest BCUT2D eigenvalue weighted by molar-refractivity contribution is 5.93. The van der Waals surface area contributed by atoms with Gasteiger partial charge in [0.2, 0.25) is 5.95 Å². The fraction of sp³-hybridized carbons (Fsp3) is 0.105. The van der Waals surface area contributed by atoms with Crippen LogP contribution in [0.1, 0.15) is 15.9 Å². The third kappa shape index (κ3) is 4.32. The van der Waals surface area contributed by atoms with E-state index in [9.17, 15) is 9.18 Å². The Hall–Kier alpha value is -3.48. The molecule has 0 aliphatic rings. The number of carbonyl (C=O) groups is 1. The number of hydrogen-bond acceptors (Lipinski definition) is 5.